The van der Waals surface area contributed by atoms with Crippen LogP contribution in [0.4, 0.5) is 13.2 Å². The lowest BCUT2D eigenvalue weighted by molar-refractivity contribution is -0.135. The molecule has 18 heavy (non-hydrogen) atoms. The smallest absolute Gasteiger partial charge is 0.316 e. The Morgan fingerprint density at radius 2 is 1.61 bits per heavy atom. The van der Waals surface area contributed by atoms with Crippen molar-refractivity contribution in [2.24, 2.45) is 0 Å². The lowest BCUT2D eigenvalue weighted by Crippen LogP contribution is -2.20. The molecule has 1 N–H and O–H groups in total. The van der Waals surface area contributed by atoms with Crippen LogP contribution in [0.15, 0.2) is 18.2 Å². The average molecular weight is 300 g/mol. The van der Waals surface area contributed by atoms with Crippen molar-refractivity contribution in [1.29, 1.82) is 0 Å². The van der Waals surface area contributed by atoms with Gasteiger partial charge in [0, 0.05) is 16.5 Å². The molecule has 0 saturated carbocycles. The Labute approximate surface area is 114 Å². The number of halogens is 5. The third-order valence-corrected chi connectivity index (χ3v) is 2.76. The van der Waals surface area contributed by atoms with E-state index in [0.29, 0.717) is 29.6 Å². The van der Waals surface area contributed by atoms with E-state index in [1.54, 1.807) is 18.2 Å². The highest BCUT2D eigenvalue weighted by atomic mass is 35.5. The molecule has 1 rings (SSSR count). The molecule has 0 aliphatic carbocycles. The van der Waals surface area contributed by atoms with Crippen molar-refractivity contribution in [3.05, 3.63) is 33.8 Å². The fraction of sp³-hybridized carbons (Fsp3) is 0.500. The molecule has 0 fully saturated rings. The van der Waals surface area contributed by atoms with Gasteiger partial charge in [-0.3, -0.25) is 0 Å². The molecule has 0 radical (unpaired) electrons. The molecule has 0 heterocycles. The van der Waals surface area contributed by atoms with Gasteiger partial charge in [0.2, 0.25) is 0 Å². The largest absolute Gasteiger partial charge is 0.389 e. The van der Waals surface area contributed by atoms with Crippen LogP contribution in [0.25, 0.3) is 0 Å². The molecule has 0 amide bonds. The summed E-state index contributed by atoms with van der Waals surface area (Å²) >= 11 is 11.7. The molecule has 0 unspecified atom stereocenters. The van der Waals surface area contributed by atoms with E-state index in [1.807, 2.05) is 0 Å². The maximum atomic E-state index is 11.9. The molecule has 0 aromatic heterocycles. The maximum absolute atomic E-state index is 11.9. The Kier molecular flexibility index (Phi) is 6.26. The Balaban J connectivity index is 2.18. The van der Waals surface area contributed by atoms with E-state index in [9.17, 15) is 13.2 Å². The zero-order valence-electron chi connectivity index (χ0n) is 9.66. The minimum Gasteiger partial charge on any atom is -0.316 e. The van der Waals surface area contributed by atoms with Crippen LogP contribution in [0.1, 0.15) is 18.4 Å². The summed E-state index contributed by atoms with van der Waals surface area (Å²) in [4.78, 5) is 0. The quantitative estimate of drug-likeness (QED) is 0.764. The van der Waals surface area contributed by atoms with Crippen LogP contribution < -0.4 is 5.32 Å². The summed E-state index contributed by atoms with van der Waals surface area (Å²) in [5, 5.41) is 4.09. The number of hydrogen-bond donors (Lipinski definition) is 1. The highest BCUT2D eigenvalue weighted by Gasteiger charge is 2.25. The zero-order chi connectivity index (χ0) is 13.6. The standard InChI is InChI=1S/C12H14Cl2F3N/c13-10-6-9(7-11(14)8-10)2-5-18-4-1-3-12(15,16)17/h6-8,18H,1-5H2. The summed E-state index contributed by atoms with van der Waals surface area (Å²) in [5.41, 5.74) is 0.968. The number of hydrogen-bond acceptors (Lipinski definition) is 1. The molecule has 0 aliphatic rings. The van der Waals surface area contributed by atoms with E-state index >= 15 is 0 Å². The minimum absolute atomic E-state index is 0.0970. The number of benzene rings is 1. The lowest BCUT2D eigenvalue weighted by Gasteiger charge is -2.07. The van der Waals surface area contributed by atoms with Gasteiger partial charge < -0.3 is 5.32 Å². The second-order valence-electron chi connectivity index (χ2n) is 4.00. The molecule has 1 nitrogen and oxygen atoms in total. The first-order valence-corrected chi connectivity index (χ1v) is 6.35. The normalized spacial score (nSPS) is 11.8. The predicted molar refractivity (Wildman–Crippen MR) is 68.3 cm³/mol. The summed E-state index contributed by atoms with van der Waals surface area (Å²) in [5.74, 6) is 0. The summed E-state index contributed by atoms with van der Waals surface area (Å²) in [6, 6.07) is 5.24. The van der Waals surface area contributed by atoms with E-state index in [0.717, 1.165) is 5.56 Å². The van der Waals surface area contributed by atoms with Gasteiger partial charge in [-0.25, -0.2) is 0 Å². The van der Waals surface area contributed by atoms with Gasteiger partial charge in [0.1, 0.15) is 0 Å². The van der Waals surface area contributed by atoms with Gasteiger partial charge in [0.15, 0.2) is 0 Å². The van der Waals surface area contributed by atoms with Gasteiger partial charge in [-0.2, -0.15) is 13.2 Å². The SMILES string of the molecule is FC(F)(F)CCCNCCc1cc(Cl)cc(Cl)c1. The highest BCUT2D eigenvalue weighted by molar-refractivity contribution is 6.34. The minimum atomic E-state index is -4.07. The number of rotatable bonds is 6. The van der Waals surface area contributed by atoms with Crippen LogP contribution in [0.2, 0.25) is 10.0 Å². The Bertz CT molecular complexity index is 360. The van der Waals surface area contributed by atoms with Crippen molar-refractivity contribution in [3.63, 3.8) is 0 Å². The summed E-state index contributed by atoms with van der Waals surface area (Å²) in [6.07, 6.45) is -4.03. The van der Waals surface area contributed by atoms with E-state index in [4.69, 9.17) is 23.2 Å². The second-order valence-corrected chi connectivity index (χ2v) is 4.87. The third kappa shape index (κ3) is 7.09. The van der Waals surface area contributed by atoms with E-state index in [1.165, 1.54) is 0 Å². The van der Waals surface area contributed by atoms with Crippen molar-refractivity contribution in [1.82, 2.24) is 5.32 Å². The Morgan fingerprint density at radius 1 is 1.00 bits per heavy atom. The first kappa shape index (κ1) is 15.6. The Morgan fingerprint density at radius 3 is 2.17 bits per heavy atom. The fourth-order valence-corrected chi connectivity index (χ4v) is 2.10. The maximum Gasteiger partial charge on any atom is 0.389 e. The predicted octanol–water partition coefficient (Wildman–Crippen LogP) is 4.47. The zero-order valence-corrected chi connectivity index (χ0v) is 11.2. The first-order valence-electron chi connectivity index (χ1n) is 5.59. The monoisotopic (exact) mass is 299 g/mol. The van der Waals surface area contributed by atoms with Crippen LogP contribution in [-0.2, 0) is 6.42 Å². The van der Waals surface area contributed by atoms with Gasteiger partial charge in [0.25, 0.3) is 0 Å². The Hall–Kier alpha value is -0.450. The van der Waals surface area contributed by atoms with Crippen LogP contribution in [-0.4, -0.2) is 19.3 Å². The summed E-state index contributed by atoms with van der Waals surface area (Å²) < 4.78 is 35.6. The third-order valence-electron chi connectivity index (χ3n) is 2.33. The molecule has 0 atom stereocenters. The first-order chi connectivity index (χ1) is 8.37. The van der Waals surface area contributed by atoms with Crippen molar-refractivity contribution in [2.45, 2.75) is 25.4 Å². The van der Waals surface area contributed by atoms with Crippen LogP contribution >= 0.6 is 23.2 Å². The molecule has 1 aromatic carbocycles. The van der Waals surface area contributed by atoms with Crippen LogP contribution in [0, 0.1) is 0 Å². The van der Waals surface area contributed by atoms with Crippen molar-refractivity contribution >= 4 is 23.2 Å². The topological polar surface area (TPSA) is 12.0 Å². The molecule has 1 aromatic rings. The van der Waals surface area contributed by atoms with E-state index in [2.05, 4.69) is 5.32 Å². The van der Waals surface area contributed by atoms with Gasteiger partial charge in [-0.1, -0.05) is 23.2 Å². The molecule has 6 heteroatoms. The lowest BCUT2D eigenvalue weighted by atomic mass is 10.1. The number of alkyl halides is 3. The van der Waals surface area contributed by atoms with E-state index in [-0.39, 0.29) is 6.42 Å². The molecule has 0 bridgehead atoms. The fourth-order valence-electron chi connectivity index (χ4n) is 1.53. The molecular formula is C12H14Cl2F3N. The van der Waals surface area contributed by atoms with Crippen molar-refractivity contribution in [2.75, 3.05) is 13.1 Å². The number of nitrogens with one attached hydrogen (secondary N) is 1. The van der Waals surface area contributed by atoms with Crippen molar-refractivity contribution in [3.8, 4) is 0 Å². The summed E-state index contributed by atoms with van der Waals surface area (Å²) in [7, 11) is 0. The van der Waals surface area contributed by atoms with Crippen molar-refractivity contribution < 1.29 is 13.2 Å². The van der Waals surface area contributed by atoms with E-state index < -0.39 is 12.6 Å². The molecule has 0 aliphatic heterocycles. The molecule has 102 valence electrons. The van der Waals surface area contributed by atoms with Gasteiger partial charge in [-0.15, -0.1) is 0 Å². The highest BCUT2D eigenvalue weighted by Crippen LogP contribution is 2.21. The van der Waals surface area contributed by atoms with Gasteiger partial charge in [0.05, 0.1) is 0 Å². The average Bonchev–Trinajstić information content (AvgIpc) is 2.20. The molecule has 0 spiro atoms. The van der Waals surface area contributed by atoms with Crippen LogP contribution in [0.3, 0.4) is 0 Å². The molecular weight excluding hydrogens is 286 g/mol. The summed E-state index contributed by atoms with van der Waals surface area (Å²) in [6.45, 7) is 0.961. The second kappa shape index (κ2) is 7.22. The molecule has 0 saturated heterocycles. The van der Waals surface area contributed by atoms with Gasteiger partial charge >= 0.3 is 6.18 Å². The van der Waals surface area contributed by atoms with Crippen LogP contribution in [0.5, 0.6) is 0 Å². The van der Waals surface area contributed by atoms with Gasteiger partial charge in [-0.05, 0) is 49.7 Å².